The molecule has 4 heterocycles. The van der Waals surface area contributed by atoms with Gasteiger partial charge < -0.3 is 15.6 Å². The van der Waals surface area contributed by atoms with Gasteiger partial charge in [-0.3, -0.25) is 4.79 Å². The van der Waals surface area contributed by atoms with Crippen molar-refractivity contribution in [3.63, 3.8) is 0 Å². The van der Waals surface area contributed by atoms with Gasteiger partial charge >= 0.3 is 0 Å². The number of nitrogens with zero attached hydrogens (tertiary/aromatic N) is 5. The zero-order chi connectivity index (χ0) is 20.7. The molecule has 30 heavy (non-hydrogen) atoms. The van der Waals surface area contributed by atoms with Crippen molar-refractivity contribution < 1.29 is 4.79 Å². The van der Waals surface area contributed by atoms with Gasteiger partial charge in [0.2, 0.25) is 11.9 Å². The lowest BCUT2D eigenvalue weighted by molar-refractivity contribution is -0.121. The summed E-state index contributed by atoms with van der Waals surface area (Å²) in [5, 5.41) is 11.6. The number of fused-ring (bicyclic) bond motifs is 2. The minimum absolute atomic E-state index is 0.0309. The Morgan fingerprint density at radius 1 is 1.30 bits per heavy atom. The van der Waals surface area contributed by atoms with Crippen LogP contribution in [0.4, 0.5) is 5.95 Å². The number of rotatable bonds is 4. The highest BCUT2D eigenvalue weighted by Crippen LogP contribution is 2.31. The van der Waals surface area contributed by atoms with Crippen molar-refractivity contribution in [3.05, 3.63) is 37.1 Å². The summed E-state index contributed by atoms with van der Waals surface area (Å²) in [6.45, 7) is 3.69. The van der Waals surface area contributed by atoms with E-state index in [0.29, 0.717) is 12.0 Å². The Morgan fingerprint density at radius 3 is 2.93 bits per heavy atom. The molecule has 0 aliphatic heterocycles. The zero-order valence-electron chi connectivity index (χ0n) is 17.0. The number of carbonyl (C=O) groups excluding carboxylic acids is 1. The third-order valence-electron chi connectivity index (χ3n) is 5.92. The maximum atomic E-state index is 11.4. The molecule has 1 aliphatic carbocycles. The molecule has 1 saturated carbocycles. The van der Waals surface area contributed by atoms with E-state index < -0.39 is 0 Å². The number of hydrogen-bond acceptors (Lipinski definition) is 6. The monoisotopic (exact) mass is 404 g/mol. The van der Waals surface area contributed by atoms with Crippen LogP contribution in [0.25, 0.3) is 27.8 Å². The fraction of sp³-hybridized carbons (Fsp3) is 0.381. The third-order valence-corrected chi connectivity index (χ3v) is 5.92. The molecule has 4 aromatic heterocycles. The van der Waals surface area contributed by atoms with Crippen molar-refractivity contribution in [1.29, 1.82) is 0 Å². The second-order valence-electron chi connectivity index (χ2n) is 8.30. The van der Waals surface area contributed by atoms with E-state index in [1.807, 2.05) is 30.7 Å². The van der Waals surface area contributed by atoms with Crippen molar-refractivity contribution in [2.75, 3.05) is 5.32 Å². The van der Waals surface area contributed by atoms with Crippen LogP contribution in [0.5, 0.6) is 0 Å². The average Bonchev–Trinajstić information content (AvgIpc) is 3.35. The van der Waals surface area contributed by atoms with Crippen molar-refractivity contribution in [2.45, 2.75) is 51.1 Å². The Hall–Kier alpha value is -3.49. The molecule has 1 amide bonds. The molecule has 9 heteroatoms. The molecule has 1 aliphatic rings. The SMILES string of the molecule is CC(=O)NC1(C)CCC(Nc2ncc3c(-c4ccn5ncnc5c4)c[nH]c3n2)CC1. The highest BCUT2D eigenvalue weighted by molar-refractivity contribution is 5.93. The van der Waals surface area contributed by atoms with Gasteiger partial charge in [0, 0.05) is 48.0 Å². The summed E-state index contributed by atoms with van der Waals surface area (Å²) in [7, 11) is 0. The summed E-state index contributed by atoms with van der Waals surface area (Å²) in [4.78, 5) is 28.1. The molecule has 0 aromatic carbocycles. The summed E-state index contributed by atoms with van der Waals surface area (Å²) < 4.78 is 1.73. The van der Waals surface area contributed by atoms with E-state index in [4.69, 9.17) is 0 Å². The molecule has 9 nitrogen and oxygen atoms in total. The van der Waals surface area contributed by atoms with Crippen molar-refractivity contribution in [1.82, 2.24) is 34.9 Å². The van der Waals surface area contributed by atoms with Crippen LogP contribution in [0.2, 0.25) is 0 Å². The van der Waals surface area contributed by atoms with Gasteiger partial charge in [0.05, 0.1) is 0 Å². The number of aromatic amines is 1. The van der Waals surface area contributed by atoms with Gasteiger partial charge in [-0.1, -0.05) is 0 Å². The Bertz CT molecular complexity index is 1220. The number of carbonyl (C=O) groups is 1. The van der Waals surface area contributed by atoms with Gasteiger partial charge in [0.25, 0.3) is 0 Å². The first-order valence-electron chi connectivity index (χ1n) is 10.2. The van der Waals surface area contributed by atoms with E-state index in [9.17, 15) is 4.79 Å². The van der Waals surface area contributed by atoms with Crippen LogP contribution in [-0.2, 0) is 4.79 Å². The maximum absolute atomic E-state index is 11.4. The van der Waals surface area contributed by atoms with E-state index in [0.717, 1.165) is 53.5 Å². The first-order valence-corrected chi connectivity index (χ1v) is 10.2. The first kappa shape index (κ1) is 18.5. The molecule has 0 saturated heterocycles. The lowest BCUT2D eigenvalue weighted by Crippen LogP contribution is -2.49. The molecule has 0 radical (unpaired) electrons. The Balaban J connectivity index is 1.32. The summed E-state index contributed by atoms with van der Waals surface area (Å²) in [6, 6.07) is 4.30. The largest absolute Gasteiger partial charge is 0.351 e. The van der Waals surface area contributed by atoms with E-state index in [-0.39, 0.29) is 11.4 Å². The van der Waals surface area contributed by atoms with Crippen molar-refractivity contribution >= 4 is 28.5 Å². The van der Waals surface area contributed by atoms with Gasteiger partial charge in [0.1, 0.15) is 12.0 Å². The van der Waals surface area contributed by atoms with E-state index in [2.05, 4.69) is 42.6 Å². The van der Waals surface area contributed by atoms with Crippen LogP contribution in [0.1, 0.15) is 39.5 Å². The standard InChI is InChI=1S/C21H24N8O/c1-13(30)28-21(2)6-3-15(4-7-21)26-20-23-11-17-16(10-22-19(17)27-20)14-5-8-29-18(9-14)24-12-25-29/h5,8-12,15H,3-4,6-7H2,1-2H3,(H,28,30)(H2,22,23,26,27). The summed E-state index contributed by atoms with van der Waals surface area (Å²) in [5.74, 6) is 0.653. The predicted molar refractivity (Wildman–Crippen MR) is 114 cm³/mol. The van der Waals surface area contributed by atoms with Gasteiger partial charge in [-0.2, -0.15) is 10.1 Å². The van der Waals surface area contributed by atoms with Gasteiger partial charge in [-0.05, 0) is 50.3 Å². The number of hydrogen-bond donors (Lipinski definition) is 3. The van der Waals surface area contributed by atoms with E-state index in [1.165, 1.54) is 0 Å². The fourth-order valence-corrected chi connectivity index (χ4v) is 4.33. The molecular formula is C21H24N8O. The number of pyridine rings is 1. The zero-order valence-corrected chi connectivity index (χ0v) is 17.0. The van der Waals surface area contributed by atoms with Crippen LogP contribution in [-0.4, -0.2) is 47.0 Å². The van der Waals surface area contributed by atoms with Gasteiger partial charge in [0.15, 0.2) is 5.65 Å². The summed E-state index contributed by atoms with van der Waals surface area (Å²) in [6.07, 6.45) is 11.0. The predicted octanol–water partition coefficient (Wildman–Crippen LogP) is 2.92. The number of amides is 1. The highest BCUT2D eigenvalue weighted by atomic mass is 16.1. The van der Waals surface area contributed by atoms with Crippen LogP contribution in [0, 0.1) is 0 Å². The van der Waals surface area contributed by atoms with Crippen LogP contribution < -0.4 is 10.6 Å². The molecule has 0 atom stereocenters. The number of H-pyrrole nitrogens is 1. The molecule has 5 rings (SSSR count). The lowest BCUT2D eigenvalue weighted by Gasteiger charge is -2.38. The maximum Gasteiger partial charge on any atom is 0.224 e. The summed E-state index contributed by atoms with van der Waals surface area (Å²) in [5.41, 5.74) is 3.54. The first-order chi connectivity index (χ1) is 14.5. The van der Waals surface area contributed by atoms with E-state index in [1.54, 1.807) is 17.8 Å². The minimum atomic E-state index is -0.116. The molecule has 0 unspecified atom stereocenters. The molecule has 154 valence electrons. The molecule has 0 bridgehead atoms. The Labute approximate surface area is 173 Å². The van der Waals surface area contributed by atoms with Crippen LogP contribution in [0.15, 0.2) is 37.1 Å². The van der Waals surface area contributed by atoms with Crippen molar-refractivity contribution in [3.8, 4) is 11.1 Å². The molecule has 1 fully saturated rings. The van der Waals surface area contributed by atoms with Gasteiger partial charge in [-0.15, -0.1) is 0 Å². The minimum Gasteiger partial charge on any atom is -0.351 e. The van der Waals surface area contributed by atoms with E-state index >= 15 is 0 Å². The fourth-order valence-electron chi connectivity index (χ4n) is 4.33. The normalized spacial score (nSPS) is 21.7. The quantitative estimate of drug-likeness (QED) is 0.482. The van der Waals surface area contributed by atoms with Crippen LogP contribution >= 0.6 is 0 Å². The number of aromatic nitrogens is 6. The second kappa shape index (κ2) is 7.08. The highest BCUT2D eigenvalue weighted by Gasteiger charge is 2.31. The topological polar surface area (TPSA) is 113 Å². The smallest absolute Gasteiger partial charge is 0.224 e. The summed E-state index contributed by atoms with van der Waals surface area (Å²) >= 11 is 0. The second-order valence-corrected chi connectivity index (χ2v) is 8.30. The molecule has 0 spiro atoms. The Kier molecular flexibility index (Phi) is 4.38. The molecular weight excluding hydrogens is 380 g/mol. The van der Waals surface area contributed by atoms with Crippen molar-refractivity contribution in [2.24, 2.45) is 0 Å². The molecule has 4 aromatic rings. The third kappa shape index (κ3) is 3.47. The number of nitrogens with one attached hydrogen (secondary N) is 3. The van der Waals surface area contributed by atoms with Gasteiger partial charge in [-0.25, -0.2) is 14.5 Å². The average molecular weight is 404 g/mol. The number of anilines is 1. The lowest BCUT2D eigenvalue weighted by atomic mass is 9.81. The van der Waals surface area contributed by atoms with Crippen LogP contribution in [0.3, 0.4) is 0 Å². The Morgan fingerprint density at radius 2 is 2.13 bits per heavy atom. The molecule has 3 N–H and O–H groups in total.